The van der Waals surface area contributed by atoms with Gasteiger partial charge in [-0.1, -0.05) is 37.6 Å². The summed E-state index contributed by atoms with van der Waals surface area (Å²) in [5.41, 5.74) is 5.10. The SMILES string of the molecule is CCc1nn(Cc2ccc(Cl)cc2)c(CC)c1CNC. The van der Waals surface area contributed by atoms with Crippen molar-refractivity contribution in [2.75, 3.05) is 7.05 Å². The molecule has 0 bridgehead atoms. The number of nitrogens with zero attached hydrogens (tertiary/aromatic N) is 2. The Morgan fingerprint density at radius 3 is 2.40 bits per heavy atom. The number of hydrogen-bond donors (Lipinski definition) is 1. The fourth-order valence-electron chi connectivity index (χ4n) is 2.54. The number of aryl methyl sites for hydroxylation is 1. The fourth-order valence-corrected chi connectivity index (χ4v) is 2.67. The topological polar surface area (TPSA) is 29.9 Å². The van der Waals surface area contributed by atoms with Crippen LogP contribution in [0.1, 0.15) is 36.4 Å². The van der Waals surface area contributed by atoms with Crippen molar-refractivity contribution in [3.05, 3.63) is 51.8 Å². The van der Waals surface area contributed by atoms with Crippen molar-refractivity contribution in [3.63, 3.8) is 0 Å². The van der Waals surface area contributed by atoms with E-state index < -0.39 is 0 Å². The Labute approximate surface area is 126 Å². The van der Waals surface area contributed by atoms with E-state index >= 15 is 0 Å². The molecule has 0 saturated carbocycles. The van der Waals surface area contributed by atoms with Crippen LogP contribution < -0.4 is 5.32 Å². The fraction of sp³-hybridized carbons (Fsp3) is 0.438. The molecule has 1 aromatic carbocycles. The molecule has 108 valence electrons. The van der Waals surface area contributed by atoms with Gasteiger partial charge in [0.2, 0.25) is 0 Å². The van der Waals surface area contributed by atoms with Crippen LogP contribution in [0, 0.1) is 0 Å². The van der Waals surface area contributed by atoms with Crippen molar-refractivity contribution in [3.8, 4) is 0 Å². The summed E-state index contributed by atoms with van der Waals surface area (Å²) in [6.07, 6.45) is 1.97. The monoisotopic (exact) mass is 291 g/mol. The predicted molar refractivity (Wildman–Crippen MR) is 84.3 cm³/mol. The molecular formula is C16H22ClN3. The third kappa shape index (κ3) is 3.22. The third-order valence-electron chi connectivity index (χ3n) is 3.52. The Hall–Kier alpha value is -1.32. The highest BCUT2D eigenvalue weighted by atomic mass is 35.5. The van der Waals surface area contributed by atoms with Crippen molar-refractivity contribution in [1.29, 1.82) is 0 Å². The normalized spacial score (nSPS) is 11.0. The number of benzene rings is 1. The van der Waals surface area contributed by atoms with E-state index in [1.54, 1.807) is 0 Å². The zero-order valence-electron chi connectivity index (χ0n) is 12.4. The van der Waals surface area contributed by atoms with E-state index in [1.165, 1.54) is 22.5 Å². The van der Waals surface area contributed by atoms with Crippen molar-refractivity contribution in [2.24, 2.45) is 0 Å². The van der Waals surface area contributed by atoms with Crippen LogP contribution in [0.5, 0.6) is 0 Å². The van der Waals surface area contributed by atoms with Crippen LogP contribution in [-0.4, -0.2) is 16.8 Å². The van der Waals surface area contributed by atoms with Crippen LogP contribution in [0.4, 0.5) is 0 Å². The largest absolute Gasteiger partial charge is 0.316 e. The Morgan fingerprint density at radius 2 is 1.85 bits per heavy atom. The summed E-state index contributed by atoms with van der Waals surface area (Å²) >= 11 is 5.94. The number of halogens is 1. The average Bonchev–Trinajstić information content (AvgIpc) is 2.79. The van der Waals surface area contributed by atoms with Gasteiger partial charge in [-0.2, -0.15) is 5.10 Å². The molecular weight excluding hydrogens is 270 g/mol. The van der Waals surface area contributed by atoms with E-state index in [-0.39, 0.29) is 0 Å². The summed E-state index contributed by atoms with van der Waals surface area (Å²) in [7, 11) is 1.98. The quantitative estimate of drug-likeness (QED) is 0.884. The van der Waals surface area contributed by atoms with Gasteiger partial charge in [0, 0.05) is 22.8 Å². The molecule has 2 rings (SSSR count). The molecule has 1 N–H and O–H groups in total. The Kier molecular flexibility index (Phi) is 5.21. The number of rotatable bonds is 6. The van der Waals surface area contributed by atoms with Gasteiger partial charge in [-0.05, 0) is 37.6 Å². The van der Waals surface area contributed by atoms with Gasteiger partial charge in [0.05, 0.1) is 12.2 Å². The first-order chi connectivity index (χ1) is 9.69. The van der Waals surface area contributed by atoms with E-state index in [0.717, 1.165) is 31.0 Å². The third-order valence-corrected chi connectivity index (χ3v) is 3.77. The second kappa shape index (κ2) is 6.91. The molecule has 0 aliphatic carbocycles. The Balaban J connectivity index is 2.33. The van der Waals surface area contributed by atoms with Crippen LogP contribution in [0.3, 0.4) is 0 Å². The molecule has 4 heteroatoms. The van der Waals surface area contributed by atoms with Gasteiger partial charge in [0.1, 0.15) is 0 Å². The van der Waals surface area contributed by atoms with Crippen LogP contribution >= 0.6 is 11.6 Å². The van der Waals surface area contributed by atoms with Crippen molar-refractivity contribution >= 4 is 11.6 Å². The van der Waals surface area contributed by atoms with Gasteiger partial charge in [0.25, 0.3) is 0 Å². The lowest BCUT2D eigenvalue weighted by molar-refractivity contribution is 0.638. The van der Waals surface area contributed by atoms with Gasteiger partial charge in [0.15, 0.2) is 0 Å². The minimum absolute atomic E-state index is 0.773. The minimum Gasteiger partial charge on any atom is -0.316 e. The molecule has 2 aromatic rings. The van der Waals surface area contributed by atoms with Crippen LogP contribution in [0.2, 0.25) is 5.02 Å². The van der Waals surface area contributed by atoms with E-state index in [2.05, 4.69) is 36.0 Å². The Morgan fingerprint density at radius 1 is 1.15 bits per heavy atom. The summed E-state index contributed by atoms with van der Waals surface area (Å²) in [6.45, 7) is 6.03. The molecule has 0 unspecified atom stereocenters. The maximum absolute atomic E-state index is 5.94. The van der Waals surface area contributed by atoms with Gasteiger partial charge in [-0.15, -0.1) is 0 Å². The van der Waals surface area contributed by atoms with E-state index in [4.69, 9.17) is 16.7 Å². The van der Waals surface area contributed by atoms with E-state index in [9.17, 15) is 0 Å². The zero-order valence-corrected chi connectivity index (χ0v) is 13.2. The molecule has 0 atom stereocenters. The molecule has 0 aliphatic rings. The van der Waals surface area contributed by atoms with Gasteiger partial charge in [-0.25, -0.2) is 0 Å². The lowest BCUT2D eigenvalue weighted by Gasteiger charge is -2.08. The number of aromatic nitrogens is 2. The van der Waals surface area contributed by atoms with Gasteiger partial charge in [-0.3, -0.25) is 4.68 Å². The summed E-state index contributed by atoms with van der Waals surface area (Å²) in [6, 6.07) is 7.99. The standard InChI is InChI=1S/C16H22ClN3/c1-4-15-14(10-18-3)16(5-2)20(19-15)11-12-6-8-13(17)9-7-12/h6-9,18H,4-5,10-11H2,1-3H3. The number of nitrogens with one attached hydrogen (secondary N) is 1. The molecule has 3 nitrogen and oxygen atoms in total. The molecule has 0 saturated heterocycles. The number of hydrogen-bond acceptors (Lipinski definition) is 2. The summed E-state index contributed by atoms with van der Waals surface area (Å²) in [5.74, 6) is 0. The van der Waals surface area contributed by atoms with Crippen molar-refractivity contribution in [1.82, 2.24) is 15.1 Å². The summed E-state index contributed by atoms with van der Waals surface area (Å²) < 4.78 is 2.13. The molecule has 0 spiro atoms. The lowest BCUT2D eigenvalue weighted by Crippen LogP contribution is -2.10. The van der Waals surface area contributed by atoms with Crippen molar-refractivity contribution < 1.29 is 0 Å². The van der Waals surface area contributed by atoms with E-state index in [1.807, 2.05) is 19.2 Å². The molecule has 0 fully saturated rings. The highest BCUT2D eigenvalue weighted by Gasteiger charge is 2.14. The summed E-state index contributed by atoms with van der Waals surface area (Å²) in [5, 5.41) is 8.80. The zero-order chi connectivity index (χ0) is 14.5. The van der Waals surface area contributed by atoms with Gasteiger partial charge < -0.3 is 5.32 Å². The first-order valence-electron chi connectivity index (χ1n) is 7.16. The second-order valence-corrected chi connectivity index (χ2v) is 5.33. The first kappa shape index (κ1) is 15.1. The highest BCUT2D eigenvalue weighted by molar-refractivity contribution is 6.30. The average molecular weight is 292 g/mol. The molecule has 1 aromatic heterocycles. The van der Waals surface area contributed by atoms with E-state index in [0.29, 0.717) is 0 Å². The molecule has 0 aliphatic heterocycles. The molecule has 1 heterocycles. The predicted octanol–water partition coefficient (Wildman–Crippen LogP) is 3.43. The maximum atomic E-state index is 5.94. The molecule has 0 amide bonds. The second-order valence-electron chi connectivity index (χ2n) is 4.89. The molecule has 20 heavy (non-hydrogen) atoms. The molecule has 0 radical (unpaired) electrons. The van der Waals surface area contributed by atoms with Crippen LogP contribution in [0.25, 0.3) is 0 Å². The van der Waals surface area contributed by atoms with Gasteiger partial charge >= 0.3 is 0 Å². The maximum Gasteiger partial charge on any atom is 0.0669 e. The highest BCUT2D eigenvalue weighted by Crippen LogP contribution is 2.18. The summed E-state index contributed by atoms with van der Waals surface area (Å²) in [4.78, 5) is 0. The van der Waals surface area contributed by atoms with Crippen LogP contribution in [0.15, 0.2) is 24.3 Å². The van der Waals surface area contributed by atoms with Crippen LogP contribution in [-0.2, 0) is 25.9 Å². The smallest absolute Gasteiger partial charge is 0.0669 e. The lowest BCUT2D eigenvalue weighted by atomic mass is 10.1. The first-order valence-corrected chi connectivity index (χ1v) is 7.53. The minimum atomic E-state index is 0.773. The van der Waals surface area contributed by atoms with Crippen molar-refractivity contribution in [2.45, 2.75) is 39.8 Å². The Bertz CT molecular complexity index is 558.